The Hall–Kier alpha value is -4.74. The van der Waals surface area contributed by atoms with Crippen LogP contribution in [0, 0.1) is 18.8 Å². The summed E-state index contributed by atoms with van der Waals surface area (Å²) in [6, 6.07) is 33.5. The van der Waals surface area contributed by atoms with Crippen molar-refractivity contribution in [1.82, 2.24) is 19.1 Å². The summed E-state index contributed by atoms with van der Waals surface area (Å²) in [6.45, 7) is 9.67. The van der Waals surface area contributed by atoms with Gasteiger partial charge < -0.3 is 23.7 Å². The van der Waals surface area contributed by atoms with Crippen molar-refractivity contribution in [1.29, 1.82) is 0 Å². The van der Waals surface area contributed by atoms with E-state index in [1.807, 2.05) is 48.7 Å². The molecule has 7 nitrogen and oxygen atoms in total. The molecule has 0 N–H and O–H groups in total. The van der Waals surface area contributed by atoms with Gasteiger partial charge in [0, 0.05) is 57.1 Å². The molecule has 0 fully saturated rings. The Labute approximate surface area is 300 Å². The van der Waals surface area contributed by atoms with Gasteiger partial charge in [-0.1, -0.05) is 50.0 Å². The molecule has 5 heterocycles. The quantitative estimate of drug-likeness (QED) is 0.131. The van der Waals surface area contributed by atoms with Gasteiger partial charge in [-0.25, -0.2) is 9.97 Å². The standard InChI is InChI=1S/C41H35N6O.Pt/c1-41(2,3)28-17-18-42-39(22-28)47-33-13-6-5-12-30(33)31-16-15-27(21-34(31)47)40(48)26-10-9-11-29(20-26)46-25-44(4)36-24-35-32(23-37(36)46)43-38-14-7-8-19-45(35)38;/h5-6,9-13,15-18,22-25H,7-8,14,19H2,1-4H3;/q-3;. The van der Waals surface area contributed by atoms with Crippen LogP contribution in [0.3, 0.4) is 0 Å². The molecule has 7 aromatic rings. The van der Waals surface area contributed by atoms with E-state index < -0.39 is 0 Å². The van der Waals surface area contributed by atoms with Crippen molar-refractivity contribution in [2.24, 2.45) is 0 Å². The summed E-state index contributed by atoms with van der Waals surface area (Å²) in [5.74, 6) is 1.85. The van der Waals surface area contributed by atoms with E-state index in [1.54, 1.807) is 0 Å². The number of rotatable bonds is 4. The summed E-state index contributed by atoms with van der Waals surface area (Å²) < 4.78 is 4.49. The number of imidazole rings is 1. The molecule has 0 aliphatic carbocycles. The van der Waals surface area contributed by atoms with Crippen molar-refractivity contribution in [2.75, 3.05) is 16.8 Å². The Kier molecular flexibility index (Phi) is 7.53. The van der Waals surface area contributed by atoms with Crippen molar-refractivity contribution in [3.05, 3.63) is 126 Å². The minimum atomic E-state index is -0.128. The van der Waals surface area contributed by atoms with Gasteiger partial charge in [0.05, 0.1) is 16.8 Å². The molecule has 0 amide bonds. The van der Waals surface area contributed by atoms with Crippen molar-refractivity contribution in [3.63, 3.8) is 0 Å². The Morgan fingerprint density at radius 3 is 2.55 bits per heavy atom. The summed E-state index contributed by atoms with van der Waals surface area (Å²) in [6.07, 6.45) is 5.26. The maximum atomic E-state index is 14.2. The number of ketones is 1. The van der Waals surface area contributed by atoms with Gasteiger partial charge in [-0.15, -0.1) is 53.6 Å². The molecule has 8 heteroatoms. The molecule has 9 rings (SSSR count). The minimum absolute atomic E-state index is 0. The summed E-state index contributed by atoms with van der Waals surface area (Å²) >= 11 is 0. The second kappa shape index (κ2) is 11.7. The van der Waals surface area contributed by atoms with E-state index in [1.165, 1.54) is 29.7 Å². The third-order valence-electron chi connectivity index (χ3n) is 9.84. The predicted molar refractivity (Wildman–Crippen MR) is 192 cm³/mol. The first-order chi connectivity index (χ1) is 23.2. The smallest absolute Gasteiger partial charge is 0.136 e. The topological polar surface area (TPSA) is 59.2 Å². The van der Waals surface area contributed by atoms with Crippen LogP contribution in [0.1, 0.15) is 60.9 Å². The van der Waals surface area contributed by atoms with Crippen LogP contribution in [-0.2, 0) is 39.4 Å². The van der Waals surface area contributed by atoms with Crippen LogP contribution in [0.4, 0.5) is 17.1 Å². The van der Waals surface area contributed by atoms with Crippen LogP contribution >= 0.6 is 0 Å². The maximum Gasteiger partial charge on any atom is 0.136 e. The average Bonchev–Trinajstić information content (AvgIpc) is 3.75. The average molecular weight is 823 g/mol. The van der Waals surface area contributed by atoms with Gasteiger partial charge in [-0.3, -0.25) is 0 Å². The SMILES string of the molecule is CN1[CH-]N(c2[c-]c(C(=O)c3[c-]c4c(cc3)c3ccccc3n4-c3cc(C(C)(C)C)ccn3)ccc2)c2cc3nc4n(c3cc21)CCCC4.[Pt]. The van der Waals surface area contributed by atoms with Gasteiger partial charge in [0.25, 0.3) is 0 Å². The zero-order chi connectivity index (χ0) is 32.7. The summed E-state index contributed by atoms with van der Waals surface area (Å²) in [4.78, 5) is 28.2. The molecule has 2 aliphatic rings. The molecule has 2 aliphatic heterocycles. The molecule has 0 saturated carbocycles. The van der Waals surface area contributed by atoms with Gasteiger partial charge in [0.2, 0.25) is 0 Å². The second-order valence-corrected chi connectivity index (χ2v) is 14.0. The number of hydrogen-bond donors (Lipinski definition) is 0. The largest absolute Gasteiger partial charge is 0.504 e. The first kappa shape index (κ1) is 31.5. The molecule has 248 valence electrons. The third kappa shape index (κ3) is 5.09. The minimum Gasteiger partial charge on any atom is -0.504 e. The summed E-state index contributed by atoms with van der Waals surface area (Å²) in [5.41, 5.74) is 9.11. The number of pyridine rings is 1. The maximum absolute atomic E-state index is 14.2. The molecule has 0 saturated heterocycles. The number of benzene rings is 4. The first-order valence-electron chi connectivity index (χ1n) is 16.6. The van der Waals surface area contributed by atoms with Crippen molar-refractivity contribution in [2.45, 2.75) is 52.0 Å². The zero-order valence-corrected chi connectivity index (χ0v) is 30.2. The van der Waals surface area contributed by atoms with Gasteiger partial charge in [-0.05, 0) is 72.1 Å². The van der Waals surface area contributed by atoms with Crippen LogP contribution in [-0.4, -0.2) is 31.9 Å². The van der Waals surface area contributed by atoms with Crippen LogP contribution < -0.4 is 9.80 Å². The monoisotopic (exact) mass is 822 g/mol. The number of fused-ring (bicyclic) bond motifs is 7. The van der Waals surface area contributed by atoms with E-state index in [-0.39, 0.29) is 32.3 Å². The molecular weight excluding hydrogens is 788 g/mol. The van der Waals surface area contributed by atoms with Gasteiger partial charge in [0.1, 0.15) is 11.6 Å². The Morgan fingerprint density at radius 1 is 0.857 bits per heavy atom. The fraction of sp³-hybridized carbons (Fsp3) is 0.220. The van der Waals surface area contributed by atoms with E-state index in [0.717, 1.165) is 63.2 Å². The van der Waals surface area contributed by atoms with Crippen LogP contribution in [0.25, 0.3) is 38.7 Å². The number of carbonyl (C=O) groups is 1. The molecule has 49 heavy (non-hydrogen) atoms. The molecule has 0 bridgehead atoms. The van der Waals surface area contributed by atoms with Crippen LogP contribution in [0.2, 0.25) is 0 Å². The molecule has 0 atom stereocenters. The Morgan fingerprint density at radius 2 is 1.69 bits per heavy atom. The number of anilines is 3. The molecule has 3 aromatic heterocycles. The summed E-state index contributed by atoms with van der Waals surface area (Å²) in [5, 5.41) is 2.13. The van der Waals surface area contributed by atoms with E-state index in [4.69, 9.17) is 9.97 Å². The van der Waals surface area contributed by atoms with Gasteiger partial charge >= 0.3 is 0 Å². The molecule has 0 unspecified atom stereocenters. The van der Waals surface area contributed by atoms with E-state index in [0.29, 0.717) is 11.1 Å². The van der Waals surface area contributed by atoms with Crippen molar-refractivity contribution >= 4 is 55.7 Å². The molecule has 0 radical (unpaired) electrons. The van der Waals surface area contributed by atoms with Crippen LogP contribution in [0.15, 0.2) is 85.1 Å². The number of aromatic nitrogens is 4. The number of para-hydroxylation sites is 1. The zero-order valence-electron chi connectivity index (χ0n) is 27.9. The number of nitrogens with zero attached hydrogens (tertiary/aromatic N) is 6. The van der Waals surface area contributed by atoms with E-state index in [9.17, 15) is 4.79 Å². The first-order valence-corrected chi connectivity index (χ1v) is 16.6. The fourth-order valence-corrected chi connectivity index (χ4v) is 7.30. The Balaban J connectivity index is 0.00000348. The fourth-order valence-electron chi connectivity index (χ4n) is 7.30. The Bertz CT molecular complexity index is 2430. The number of carbonyl (C=O) groups excluding carboxylic acids is 1. The third-order valence-corrected chi connectivity index (χ3v) is 9.84. The van der Waals surface area contributed by atoms with E-state index in [2.05, 4.69) is 102 Å². The summed E-state index contributed by atoms with van der Waals surface area (Å²) in [7, 11) is 2.06. The predicted octanol–water partition coefficient (Wildman–Crippen LogP) is 8.70. The van der Waals surface area contributed by atoms with Gasteiger partial charge in [-0.2, -0.15) is 6.67 Å². The molecule has 4 aromatic carbocycles. The van der Waals surface area contributed by atoms with E-state index >= 15 is 0 Å². The normalized spacial score (nSPS) is 14.4. The van der Waals surface area contributed by atoms with Crippen molar-refractivity contribution in [3.8, 4) is 5.82 Å². The van der Waals surface area contributed by atoms with Crippen molar-refractivity contribution < 1.29 is 25.9 Å². The molecular formula is C41H35N6OPt-3. The number of aryl methyl sites for hydroxylation is 2. The number of hydrogen-bond acceptors (Lipinski definition) is 5. The second-order valence-electron chi connectivity index (χ2n) is 14.0. The van der Waals surface area contributed by atoms with Gasteiger partial charge in [0.15, 0.2) is 0 Å². The molecule has 0 spiro atoms. The van der Waals surface area contributed by atoms with Crippen LogP contribution in [0.5, 0.6) is 0 Å².